The fourth-order valence-corrected chi connectivity index (χ4v) is 4.55. The van der Waals surface area contributed by atoms with Crippen LogP contribution in [0, 0.1) is 5.92 Å². The van der Waals surface area contributed by atoms with Crippen LogP contribution in [0.3, 0.4) is 0 Å². The zero-order chi connectivity index (χ0) is 19.0. The Balaban J connectivity index is 2.08. The van der Waals surface area contributed by atoms with Crippen LogP contribution in [-0.4, -0.2) is 23.5 Å². The molecule has 0 spiro atoms. The second-order valence-electron chi connectivity index (χ2n) is 7.95. The number of rotatable bonds is 1. The molecule has 0 N–H and O–H groups in total. The lowest BCUT2D eigenvalue weighted by Gasteiger charge is -2.36. The van der Waals surface area contributed by atoms with Crippen LogP contribution >= 0.6 is 0 Å². The molecule has 2 unspecified atom stereocenters. The Bertz CT molecular complexity index is 475. The maximum absolute atomic E-state index is 12.8. The second kappa shape index (κ2) is 9.75. The first-order valence-electron chi connectivity index (χ1n) is 10.2. The number of hydrogen-bond acceptors (Lipinski definition) is 3. The maximum atomic E-state index is 12.8. The van der Waals surface area contributed by atoms with Gasteiger partial charge in [0.25, 0.3) is 0 Å². The van der Waals surface area contributed by atoms with Gasteiger partial charge in [-0.05, 0) is 50.9 Å². The van der Waals surface area contributed by atoms with Crippen molar-refractivity contribution in [1.82, 2.24) is 0 Å². The largest absolute Gasteiger partial charge is 0.490 e. The average Bonchev–Trinajstić information content (AvgIpc) is 2.95. The van der Waals surface area contributed by atoms with Gasteiger partial charge in [-0.1, -0.05) is 38.5 Å². The van der Waals surface area contributed by atoms with Crippen LogP contribution in [-0.2, 0) is 14.3 Å². The number of hydrogen-bond donors (Lipinski definition) is 0. The summed E-state index contributed by atoms with van der Waals surface area (Å²) in [5, 5.41) is 0. The first-order valence-corrected chi connectivity index (χ1v) is 10.2. The van der Waals surface area contributed by atoms with Gasteiger partial charge in [0.2, 0.25) is 0 Å². The highest BCUT2D eigenvalue weighted by Gasteiger charge is 2.51. The zero-order valence-corrected chi connectivity index (χ0v) is 15.5. The summed E-state index contributed by atoms with van der Waals surface area (Å²) in [4.78, 5) is 23.6. The van der Waals surface area contributed by atoms with Gasteiger partial charge in [0.1, 0.15) is 11.4 Å². The third-order valence-electron chi connectivity index (χ3n) is 6.00. The fraction of sp³-hybridized carbons (Fsp3) is 0.900. The van der Waals surface area contributed by atoms with E-state index in [-0.39, 0.29) is 11.7 Å². The normalized spacial score (nSPS) is 30.1. The number of esters is 1. The summed E-state index contributed by atoms with van der Waals surface area (Å²) < 4.78 is 43.5. The predicted octanol–water partition coefficient (Wildman–Crippen LogP) is 5.89. The van der Waals surface area contributed by atoms with Crippen molar-refractivity contribution < 1.29 is 27.5 Å². The Labute approximate surface area is 154 Å². The summed E-state index contributed by atoms with van der Waals surface area (Å²) in [6.07, 6.45) is 7.13. The van der Waals surface area contributed by atoms with Crippen LogP contribution in [0.1, 0.15) is 96.3 Å². The van der Waals surface area contributed by atoms with Crippen molar-refractivity contribution in [2.24, 2.45) is 5.92 Å². The van der Waals surface area contributed by atoms with Crippen molar-refractivity contribution in [3.05, 3.63) is 0 Å². The summed E-state index contributed by atoms with van der Waals surface area (Å²) in [6, 6.07) is 0. The standard InChI is InChI=1S/C20H31F3O3/c21-20(22,23)18(25)26-19-14-8-6-4-2-1-3-5-7-11-17(24)13-12-16(19)10-9-15-19/h16H,1-15H2. The molecule has 2 fully saturated rings. The van der Waals surface area contributed by atoms with Gasteiger partial charge in [-0.25, -0.2) is 4.79 Å². The van der Waals surface area contributed by atoms with E-state index in [4.69, 9.17) is 4.74 Å². The molecule has 3 nitrogen and oxygen atoms in total. The second-order valence-corrected chi connectivity index (χ2v) is 7.95. The lowest BCUT2D eigenvalue weighted by atomic mass is 9.82. The lowest BCUT2D eigenvalue weighted by Crippen LogP contribution is -2.43. The Kier molecular flexibility index (Phi) is 7.96. The summed E-state index contributed by atoms with van der Waals surface area (Å²) in [7, 11) is 0. The van der Waals surface area contributed by atoms with E-state index < -0.39 is 17.7 Å². The van der Waals surface area contributed by atoms with Gasteiger partial charge in [-0.15, -0.1) is 0 Å². The molecule has 0 bridgehead atoms. The Morgan fingerprint density at radius 1 is 0.846 bits per heavy atom. The van der Waals surface area contributed by atoms with E-state index in [0.29, 0.717) is 32.1 Å². The first-order chi connectivity index (χ1) is 12.3. The molecule has 0 radical (unpaired) electrons. The monoisotopic (exact) mass is 376 g/mol. The Morgan fingerprint density at radius 3 is 2.08 bits per heavy atom. The molecular formula is C20H31F3O3. The molecule has 150 valence electrons. The summed E-state index contributed by atoms with van der Waals surface area (Å²) in [6.45, 7) is 0. The molecule has 6 heteroatoms. The Morgan fingerprint density at radius 2 is 1.42 bits per heavy atom. The number of carbonyl (C=O) groups excluding carboxylic acids is 2. The molecule has 2 aliphatic rings. The van der Waals surface area contributed by atoms with Crippen LogP contribution in [0.25, 0.3) is 0 Å². The molecule has 0 aromatic heterocycles. The number of carbonyl (C=O) groups is 2. The predicted molar refractivity (Wildman–Crippen MR) is 92.6 cm³/mol. The van der Waals surface area contributed by atoms with Crippen molar-refractivity contribution in [2.75, 3.05) is 0 Å². The molecule has 0 saturated heterocycles. The van der Waals surface area contributed by atoms with Gasteiger partial charge in [0.05, 0.1) is 0 Å². The van der Waals surface area contributed by atoms with Gasteiger partial charge in [0, 0.05) is 12.8 Å². The number of ether oxygens (including phenoxy) is 1. The number of fused-ring (bicyclic) bond motifs is 1. The molecule has 0 amide bonds. The topological polar surface area (TPSA) is 43.4 Å². The number of halogens is 3. The van der Waals surface area contributed by atoms with E-state index in [1.807, 2.05) is 0 Å². The minimum atomic E-state index is -4.96. The van der Waals surface area contributed by atoms with Gasteiger partial charge in [-0.3, -0.25) is 4.79 Å². The number of ketones is 1. The van der Waals surface area contributed by atoms with Gasteiger partial charge in [0.15, 0.2) is 0 Å². The van der Waals surface area contributed by atoms with E-state index in [1.54, 1.807) is 0 Å². The van der Waals surface area contributed by atoms with Crippen LogP contribution in [0.4, 0.5) is 13.2 Å². The molecule has 2 rings (SSSR count). The van der Waals surface area contributed by atoms with Crippen molar-refractivity contribution >= 4 is 11.8 Å². The molecule has 0 heterocycles. The zero-order valence-electron chi connectivity index (χ0n) is 15.5. The molecule has 2 aliphatic carbocycles. The fourth-order valence-electron chi connectivity index (χ4n) is 4.55. The SMILES string of the molecule is O=C1CCCCCCCCCCC2(OC(=O)C(F)(F)F)CCCC2CC1. The molecule has 2 atom stereocenters. The molecule has 0 aromatic carbocycles. The summed E-state index contributed by atoms with van der Waals surface area (Å²) in [5.41, 5.74) is -1.03. The third-order valence-corrected chi connectivity index (χ3v) is 6.00. The quantitative estimate of drug-likeness (QED) is 0.536. The van der Waals surface area contributed by atoms with E-state index >= 15 is 0 Å². The van der Waals surface area contributed by atoms with E-state index in [0.717, 1.165) is 64.2 Å². The van der Waals surface area contributed by atoms with Crippen molar-refractivity contribution in [2.45, 2.75) is 108 Å². The summed E-state index contributed by atoms with van der Waals surface area (Å²) in [5.74, 6) is -2.03. The smallest absolute Gasteiger partial charge is 0.452 e. The van der Waals surface area contributed by atoms with E-state index in [2.05, 4.69) is 0 Å². The van der Waals surface area contributed by atoms with Crippen LogP contribution in [0.2, 0.25) is 0 Å². The highest BCUT2D eigenvalue weighted by Crippen LogP contribution is 2.46. The molecular weight excluding hydrogens is 345 g/mol. The average molecular weight is 376 g/mol. The van der Waals surface area contributed by atoms with Crippen molar-refractivity contribution in [3.63, 3.8) is 0 Å². The van der Waals surface area contributed by atoms with Crippen molar-refractivity contribution in [1.29, 1.82) is 0 Å². The van der Waals surface area contributed by atoms with E-state index in [9.17, 15) is 22.8 Å². The van der Waals surface area contributed by atoms with Crippen LogP contribution < -0.4 is 0 Å². The van der Waals surface area contributed by atoms with Crippen LogP contribution in [0.5, 0.6) is 0 Å². The van der Waals surface area contributed by atoms with Crippen molar-refractivity contribution in [3.8, 4) is 0 Å². The lowest BCUT2D eigenvalue weighted by molar-refractivity contribution is -0.218. The van der Waals surface area contributed by atoms with E-state index in [1.165, 1.54) is 0 Å². The minimum absolute atomic E-state index is 0.136. The molecule has 2 saturated carbocycles. The van der Waals surface area contributed by atoms with Gasteiger partial charge >= 0.3 is 12.1 Å². The molecule has 0 aromatic rings. The highest BCUT2D eigenvalue weighted by atomic mass is 19.4. The molecule has 0 aliphatic heterocycles. The summed E-state index contributed by atoms with van der Waals surface area (Å²) >= 11 is 0. The minimum Gasteiger partial charge on any atom is -0.452 e. The highest BCUT2D eigenvalue weighted by molar-refractivity contribution is 5.78. The first kappa shape index (κ1) is 21.2. The van der Waals surface area contributed by atoms with Gasteiger partial charge in [-0.2, -0.15) is 13.2 Å². The maximum Gasteiger partial charge on any atom is 0.490 e. The Hall–Kier alpha value is -1.07. The van der Waals surface area contributed by atoms with Gasteiger partial charge < -0.3 is 4.74 Å². The third kappa shape index (κ3) is 6.27. The molecule has 26 heavy (non-hydrogen) atoms. The number of alkyl halides is 3. The van der Waals surface area contributed by atoms with Crippen LogP contribution in [0.15, 0.2) is 0 Å². The number of Topliss-reactive ketones (excluding diaryl/α,β-unsaturated/α-hetero) is 1.